The minimum atomic E-state index is -0.226. The lowest BCUT2D eigenvalue weighted by molar-refractivity contribution is -0.132. The Morgan fingerprint density at radius 1 is 1.23 bits per heavy atom. The van der Waals surface area contributed by atoms with E-state index in [1.54, 1.807) is 23.1 Å². The fourth-order valence-electron chi connectivity index (χ4n) is 3.57. The van der Waals surface area contributed by atoms with Crippen molar-refractivity contribution in [2.45, 2.75) is 40.3 Å². The van der Waals surface area contributed by atoms with Crippen LogP contribution in [0.1, 0.15) is 29.6 Å². The van der Waals surface area contributed by atoms with Crippen molar-refractivity contribution in [3.05, 3.63) is 67.6 Å². The number of hydrogen-bond acceptors (Lipinski definition) is 6. The summed E-state index contributed by atoms with van der Waals surface area (Å²) in [6, 6.07) is 7.09. The van der Waals surface area contributed by atoms with Gasteiger partial charge in [-0.2, -0.15) is 0 Å². The van der Waals surface area contributed by atoms with Gasteiger partial charge in [-0.05, 0) is 38.5 Å². The molecule has 8 nitrogen and oxygen atoms in total. The molecule has 0 spiro atoms. The van der Waals surface area contributed by atoms with Gasteiger partial charge in [0, 0.05) is 24.4 Å². The molecule has 0 saturated heterocycles. The van der Waals surface area contributed by atoms with Crippen LogP contribution < -0.4 is 11.1 Å². The minimum Gasteiger partial charge on any atom is -0.335 e. The monoisotopic (exact) mass is 437 g/mol. The van der Waals surface area contributed by atoms with Gasteiger partial charge in [0.2, 0.25) is 5.91 Å². The van der Waals surface area contributed by atoms with Gasteiger partial charge in [-0.1, -0.05) is 12.1 Å². The summed E-state index contributed by atoms with van der Waals surface area (Å²) < 4.78 is 1.49. The van der Waals surface area contributed by atoms with Crippen LogP contribution >= 0.6 is 11.3 Å². The molecule has 0 saturated carbocycles. The largest absolute Gasteiger partial charge is 0.335 e. The third-order valence-corrected chi connectivity index (χ3v) is 6.57. The number of carbonyl (C=O) groups excluding carboxylic acids is 1. The Morgan fingerprint density at radius 2 is 2.00 bits per heavy atom. The number of aromatic nitrogens is 4. The van der Waals surface area contributed by atoms with Gasteiger partial charge >= 0.3 is 0 Å². The highest BCUT2D eigenvalue weighted by Gasteiger charge is 2.16. The Bertz CT molecular complexity index is 1400. The number of aryl methyl sites for hydroxylation is 3. The number of carbonyl (C=O) groups is 1. The number of para-hydroxylation sites is 1. The number of amides is 1. The van der Waals surface area contributed by atoms with Gasteiger partial charge in [0.15, 0.2) is 0 Å². The zero-order valence-electron chi connectivity index (χ0n) is 17.6. The van der Waals surface area contributed by atoms with Gasteiger partial charge in [0.25, 0.3) is 11.1 Å². The van der Waals surface area contributed by atoms with Gasteiger partial charge in [0.1, 0.15) is 10.7 Å². The number of nitrogens with one attached hydrogen (secondary N) is 1. The molecule has 1 amide bonds. The molecule has 1 N–H and O–H groups in total. The average molecular weight is 438 g/mol. The first-order valence-electron chi connectivity index (χ1n) is 10.1. The minimum absolute atomic E-state index is 0.122. The molecule has 4 rings (SSSR count). The fraction of sp³-hybridized carbons (Fsp3) is 0.318. The predicted molar refractivity (Wildman–Crippen MR) is 121 cm³/mol. The first-order valence-corrected chi connectivity index (χ1v) is 10.9. The number of benzene rings is 1. The van der Waals surface area contributed by atoms with E-state index in [1.807, 2.05) is 26.8 Å². The lowest BCUT2D eigenvalue weighted by Gasteiger charge is -2.20. The van der Waals surface area contributed by atoms with Crippen LogP contribution in [0.4, 0.5) is 0 Å². The van der Waals surface area contributed by atoms with Crippen molar-refractivity contribution in [2.24, 2.45) is 0 Å². The number of rotatable bonds is 6. The summed E-state index contributed by atoms with van der Waals surface area (Å²) >= 11 is 1.50. The molecule has 1 aromatic carbocycles. The first kappa shape index (κ1) is 20.9. The molecule has 0 atom stereocenters. The highest BCUT2D eigenvalue weighted by Crippen LogP contribution is 2.25. The molecule has 0 aliphatic heterocycles. The van der Waals surface area contributed by atoms with Crippen LogP contribution in [-0.4, -0.2) is 36.9 Å². The van der Waals surface area contributed by atoms with Crippen molar-refractivity contribution < 1.29 is 4.79 Å². The van der Waals surface area contributed by atoms with Crippen LogP contribution in [0, 0.1) is 13.8 Å². The van der Waals surface area contributed by atoms with Crippen molar-refractivity contribution in [3.63, 3.8) is 0 Å². The molecule has 0 bridgehead atoms. The molecule has 9 heteroatoms. The standard InChI is InChI=1S/C22H23N5O3S/c1-4-26(11-17-24-16-8-6-5-7-15(16)20(29)25-17)18(28)9-10-27-12-23-21-19(22(27)30)13(2)14(3)31-21/h5-8,12H,4,9-11H2,1-3H3,(H,24,25,29). The van der Waals surface area contributed by atoms with E-state index in [4.69, 9.17) is 0 Å². The summed E-state index contributed by atoms with van der Waals surface area (Å²) in [7, 11) is 0. The van der Waals surface area contributed by atoms with Gasteiger partial charge < -0.3 is 9.88 Å². The highest BCUT2D eigenvalue weighted by atomic mass is 32.1. The van der Waals surface area contributed by atoms with Crippen LogP contribution in [0.15, 0.2) is 40.2 Å². The quantitative estimate of drug-likeness (QED) is 0.500. The van der Waals surface area contributed by atoms with E-state index in [-0.39, 0.29) is 36.5 Å². The summed E-state index contributed by atoms with van der Waals surface area (Å²) in [5, 5.41) is 1.14. The topological polar surface area (TPSA) is 101 Å². The van der Waals surface area contributed by atoms with Crippen molar-refractivity contribution in [3.8, 4) is 0 Å². The maximum absolute atomic E-state index is 12.8. The number of fused-ring (bicyclic) bond motifs is 2. The number of thiophene rings is 1. The number of nitrogens with zero attached hydrogens (tertiary/aromatic N) is 4. The SMILES string of the molecule is CCN(Cc1nc2ccccc2c(=O)[nH]1)C(=O)CCn1cnc2sc(C)c(C)c2c1=O. The van der Waals surface area contributed by atoms with Crippen LogP contribution in [0.2, 0.25) is 0 Å². The second-order valence-corrected chi connectivity index (χ2v) is 8.60. The Morgan fingerprint density at radius 3 is 2.77 bits per heavy atom. The maximum Gasteiger partial charge on any atom is 0.262 e. The van der Waals surface area contributed by atoms with E-state index in [2.05, 4.69) is 15.0 Å². The molecule has 4 aromatic rings. The Balaban J connectivity index is 1.51. The van der Waals surface area contributed by atoms with Crippen molar-refractivity contribution >= 4 is 38.4 Å². The maximum atomic E-state index is 12.8. The van der Waals surface area contributed by atoms with Crippen molar-refractivity contribution in [2.75, 3.05) is 6.54 Å². The van der Waals surface area contributed by atoms with Gasteiger partial charge in [-0.25, -0.2) is 9.97 Å². The van der Waals surface area contributed by atoms with E-state index in [9.17, 15) is 14.4 Å². The summed E-state index contributed by atoms with van der Waals surface area (Å²) in [4.78, 5) is 52.9. The van der Waals surface area contributed by atoms with Crippen LogP contribution in [0.3, 0.4) is 0 Å². The van der Waals surface area contributed by atoms with Crippen LogP contribution in [-0.2, 0) is 17.9 Å². The van der Waals surface area contributed by atoms with Gasteiger partial charge in [-0.15, -0.1) is 11.3 Å². The molecule has 3 heterocycles. The number of hydrogen-bond donors (Lipinski definition) is 1. The Hall–Kier alpha value is -3.33. The molecule has 3 aromatic heterocycles. The Labute approximate surface area is 182 Å². The summed E-state index contributed by atoms with van der Waals surface area (Å²) in [5.74, 6) is 0.312. The predicted octanol–water partition coefficient (Wildman–Crippen LogP) is 2.75. The number of aromatic amines is 1. The van der Waals surface area contributed by atoms with E-state index in [0.29, 0.717) is 28.7 Å². The fourth-order valence-corrected chi connectivity index (χ4v) is 4.56. The van der Waals surface area contributed by atoms with Crippen molar-refractivity contribution in [1.29, 1.82) is 0 Å². The normalized spacial score (nSPS) is 11.3. The van der Waals surface area contributed by atoms with E-state index >= 15 is 0 Å². The molecule has 0 aliphatic carbocycles. The second-order valence-electron chi connectivity index (χ2n) is 7.39. The molecule has 31 heavy (non-hydrogen) atoms. The van der Waals surface area contributed by atoms with Gasteiger partial charge in [0.05, 0.1) is 29.2 Å². The molecule has 0 aliphatic rings. The van der Waals surface area contributed by atoms with E-state index in [0.717, 1.165) is 15.3 Å². The third kappa shape index (κ3) is 4.00. The zero-order chi connectivity index (χ0) is 22.1. The first-order chi connectivity index (χ1) is 14.9. The van der Waals surface area contributed by atoms with Crippen LogP contribution in [0.25, 0.3) is 21.1 Å². The lowest BCUT2D eigenvalue weighted by Crippen LogP contribution is -2.33. The smallest absolute Gasteiger partial charge is 0.262 e. The molecule has 160 valence electrons. The molecule has 0 radical (unpaired) electrons. The average Bonchev–Trinajstić information content (AvgIpc) is 3.05. The highest BCUT2D eigenvalue weighted by molar-refractivity contribution is 7.18. The number of H-pyrrole nitrogens is 1. The van der Waals surface area contributed by atoms with E-state index < -0.39 is 0 Å². The second kappa shape index (κ2) is 8.43. The summed E-state index contributed by atoms with van der Waals surface area (Å²) in [5.41, 5.74) is 1.19. The lowest BCUT2D eigenvalue weighted by atomic mass is 10.2. The Kier molecular flexibility index (Phi) is 5.69. The third-order valence-electron chi connectivity index (χ3n) is 5.46. The summed E-state index contributed by atoms with van der Waals surface area (Å²) in [6.07, 6.45) is 1.66. The van der Waals surface area contributed by atoms with Crippen molar-refractivity contribution in [1.82, 2.24) is 24.4 Å². The molecular formula is C22H23N5O3S. The summed E-state index contributed by atoms with van der Waals surface area (Å²) in [6.45, 7) is 6.67. The zero-order valence-corrected chi connectivity index (χ0v) is 18.5. The van der Waals surface area contributed by atoms with Crippen LogP contribution in [0.5, 0.6) is 0 Å². The van der Waals surface area contributed by atoms with E-state index in [1.165, 1.54) is 22.2 Å². The molecule has 0 unspecified atom stereocenters. The molecular weight excluding hydrogens is 414 g/mol. The molecule has 0 fully saturated rings. The van der Waals surface area contributed by atoms with Gasteiger partial charge in [-0.3, -0.25) is 19.0 Å².